The Morgan fingerprint density at radius 1 is 0.917 bits per heavy atom. The maximum absolute atomic E-state index is 12.9. The third-order valence-electron chi connectivity index (χ3n) is 3.08. The maximum atomic E-state index is 12.9. The van der Waals surface area contributed by atoms with Gasteiger partial charge in [-0.3, -0.25) is 4.79 Å². The highest BCUT2D eigenvalue weighted by molar-refractivity contribution is 5.87. The number of H-pyrrole nitrogens is 1. The van der Waals surface area contributed by atoms with Crippen molar-refractivity contribution in [2.75, 3.05) is 0 Å². The van der Waals surface area contributed by atoms with Gasteiger partial charge in [0.2, 0.25) is 0 Å². The Kier molecular flexibility index (Phi) is 4.17. The SMILES string of the molecule is O=C(O)c1ccc(-c2ccc(C(F)(F)F)c(C(F)(F)F)c2)[nH]c1=O. The third-order valence-corrected chi connectivity index (χ3v) is 3.08. The minimum absolute atomic E-state index is 0.245. The molecule has 10 heteroatoms. The first-order valence-corrected chi connectivity index (χ1v) is 6.16. The van der Waals surface area contributed by atoms with Crippen molar-refractivity contribution < 1.29 is 36.2 Å². The number of rotatable bonds is 2. The van der Waals surface area contributed by atoms with Gasteiger partial charge in [0.1, 0.15) is 5.56 Å². The Labute approximate surface area is 129 Å². The first kappa shape index (κ1) is 17.6. The molecule has 24 heavy (non-hydrogen) atoms. The van der Waals surface area contributed by atoms with Gasteiger partial charge in [0.15, 0.2) is 0 Å². The normalized spacial score (nSPS) is 12.2. The number of carboxylic acid groups (broad SMARTS) is 1. The van der Waals surface area contributed by atoms with Crippen molar-refractivity contribution in [3.8, 4) is 11.3 Å². The highest BCUT2D eigenvalue weighted by Crippen LogP contribution is 2.41. The van der Waals surface area contributed by atoms with E-state index < -0.39 is 40.6 Å². The Morgan fingerprint density at radius 2 is 1.50 bits per heavy atom. The minimum atomic E-state index is -5.26. The van der Waals surface area contributed by atoms with Crippen LogP contribution in [-0.4, -0.2) is 16.1 Å². The van der Waals surface area contributed by atoms with Gasteiger partial charge in [0.05, 0.1) is 11.1 Å². The number of carboxylic acids is 1. The average molecular weight is 351 g/mol. The Hall–Kier alpha value is -2.78. The van der Waals surface area contributed by atoms with Crippen LogP contribution in [0.1, 0.15) is 21.5 Å². The lowest BCUT2D eigenvalue weighted by Crippen LogP contribution is -2.18. The fourth-order valence-corrected chi connectivity index (χ4v) is 2.00. The molecule has 0 aliphatic heterocycles. The lowest BCUT2D eigenvalue weighted by Gasteiger charge is -2.16. The van der Waals surface area contributed by atoms with E-state index in [1.54, 1.807) is 0 Å². The molecule has 0 atom stereocenters. The van der Waals surface area contributed by atoms with Crippen molar-refractivity contribution in [2.24, 2.45) is 0 Å². The number of halogens is 6. The van der Waals surface area contributed by atoms with Crippen LogP contribution in [0.2, 0.25) is 0 Å². The number of nitrogens with one attached hydrogen (secondary N) is 1. The van der Waals surface area contributed by atoms with Gasteiger partial charge in [-0.25, -0.2) is 4.79 Å². The first-order valence-electron chi connectivity index (χ1n) is 6.16. The van der Waals surface area contributed by atoms with Gasteiger partial charge < -0.3 is 10.1 Å². The van der Waals surface area contributed by atoms with Crippen LogP contribution in [0.5, 0.6) is 0 Å². The monoisotopic (exact) mass is 351 g/mol. The molecule has 1 aromatic carbocycles. The van der Waals surface area contributed by atoms with Gasteiger partial charge in [-0.2, -0.15) is 26.3 Å². The molecule has 1 heterocycles. The number of carbonyl (C=O) groups is 1. The Bertz CT molecular complexity index is 851. The predicted molar refractivity (Wildman–Crippen MR) is 69.5 cm³/mol. The fourth-order valence-electron chi connectivity index (χ4n) is 2.00. The smallest absolute Gasteiger partial charge is 0.417 e. The van der Waals surface area contributed by atoms with Gasteiger partial charge in [0, 0.05) is 5.69 Å². The van der Waals surface area contributed by atoms with E-state index in [2.05, 4.69) is 0 Å². The molecule has 0 bridgehead atoms. The molecular formula is C14H7F6NO3. The standard InChI is InChI=1S/C14H7F6NO3/c15-13(16,17)8-3-1-6(5-9(8)14(18,19)20)10-4-2-7(12(23)24)11(22)21-10/h1-5H,(H,21,22)(H,23,24). The van der Waals surface area contributed by atoms with Crippen LogP contribution in [0.4, 0.5) is 26.3 Å². The maximum Gasteiger partial charge on any atom is 0.417 e. The molecule has 0 aliphatic carbocycles. The van der Waals surface area contributed by atoms with E-state index >= 15 is 0 Å². The predicted octanol–water partition coefficient (Wildman–Crippen LogP) is 3.78. The number of pyridine rings is 1. The van der Waals surface area contributed by atoms with Gasteiger partial charge in [0.25, 0.3) is 5.56 Å². The zero-order valence-corrected chi connectivity index (χ0v) is 11.4. The van der Waals surface area contributed by atoms with Crippen molar-refractivity contribution in [2.45, 2.75) is 12.4 Å². The molecule has 0 amide bonds. The molecule has 128 valence electrons. The number of aromatic carboxylic acids is 1. The lowest BCUT2D eigenvalue weighted by atomic mass is 10.0. The van der Waals surface area contributed by atoms with Crippen LogP contribution in [0.15, 0.2) is 35.1 Å². The van der Waals surface area contributed by atoms with Gasteiger partial charge in [-0.05, 0) is 29.8 Å². The van der Waals surface area contributed by atoms with Crippen molar-refractivity contribution in [3.05, 3.63) is 57.4 Å². The minimum Gasteiger partial charge on any atom is -0.477 e. The van der Waals surface area contributed by atoms with E-state index in [-0.39, 0.29) is 23.4 Å². The Balaban J connectivity index is 2.63. The lowest BCUT2D eigenvalue weighted by molar-refractivity contribution is -0.162. The molecule has 2 N–H and O–H groups in total. The van der Waals surface area contributed by atoms with E-state index in [1.165, 1.54) is 0 Å². The topological polar surface area (TPSA) is 70.2 Å². The zero-order valence-electron chi connectivity index (χ0n) is 11.4. The Morgan fingerprint density at radius 3 is 1.96 bits per heavy atom. The van der Waals surface area contributed by atoms with E-state index in [4.69, 9.17) is 5.11 Å². The van der Waals surface area contributed by atoms with Crippen LogP contribution >= 0.6 is 0 Å². The molecule has 0 aliphatic rings. The summed E-state index contributed by atoms with van der Waals surface area (Å²) in [5.74, 6) is -1.55. The van der Waals surface area contributed by atoms with Crippen molar-refractivity contribution in [3.63, 3.8) is 0 Å². The summed E-state index contributed by atoms with van der Waals surface area (Å²) in [6, 6.07) is 3.09. The third kappa shape index (κ3) is 3.42. The molecule has 2 rings (SSSR count). The quantitative estimate of drug-likeness (QED) is 0.809. The number of aromatic nitrogens is 1. The number of alkyl halides is 6. The van der Waals surface area contributed by atoms with Crippen LogP contribution in [-0.2, 0) is 12.4 Å². The molecular weight excluding hydrogens is 344 g/mol. The largest absolute Gasteiger partial charge is 0.477 e. The molecule has 0 radical (unpaired) electrons. The first-order chi connectivity index (χ1) is 10.9. The van der Waals surface area contributed by atoms with E-state index in [1.807, 2.05) is 4.98 Å². The second kappa shape index (κ2) is 5.69. The number of aromatic amines is 1. The van der Waals surface area contributed by atoms with Crippen LogP contribution in [0, 0.1) is 0 Å². The molecule has 0 fully saturated rings. The second-order valence-electron chi connectivity index (χ2n) is 4.68. The second-order valence-corrected chi connectivity index (χ2v) is 4.68. The van der Waals surface area contributed by atoms with Crippen LogP contribution in [0.25, 0.3) is 11.3 Å². The molecule has 0 spiro atoms. The summed E-state index contributed by atoms with van der Waals surface area (Å²) < 4.78 is 76.7. The summed E-state index contributed by atoms with van der Waals surface area (Å²) >= 11 is 0. The van der Waals surface area contributed by atoms with Gasteiger partial charge in [-0.1, -0.05) is 6.07 Å². The van der Waals surface area contributed by atoms with E-state index in [0.717, 1.165) is 18.2 Å². The molecule has 1 aromatic heterocycles. The average Bonchev–Trinajstić information content (AvgIpc) is 2.44. The van der Waals surface area contributed by atoms with Crippen molar-refractivity contribution >= 4 is 5.97 Å². The van der Waals surface area contributed by atoms with Crippen LogP contribution in [0.3, 0.4) is 0 Å². The van der Waals surface area contributed by atoms with Gasteiger partial charge in [-0.15, -0.1) is 0 Å². The number of hydrogen-bond acceptors (Lipinski definition) is 2. The molecule has 2 aromatic rings. The zero-order chi connectivity index (χ0) is 18.3. The van der Waals surface area contributed by atoms with E-state index in [9.17, 15) is 35.9 Å². The van der Waals surface area contributed by atoms with E-state index in [0.29, 0.717) is 0 Å². The summed E-state index contributed by atoms with van der Waals surface area (Å²) in [5, 5.41) is 8.71. The summed E-state index contributed by atoms with van der Waals surface area (Å²) in [5.41, 5.74) is -6.09. The molecule has 0 saturated carbocycles. The number of hydrogen-bond donors (Lipinski definition) is 2. The van der Waals surface area contributed by atoms with Crippen molar-refractivity contribution in [1.29, 1.82) is 0 Å². The molecule has 4 nitrogen and oxygen atoms in total. The number of benzene rings is 1. The van der Waals surface area contributed by atoms with Crippen molar-refractivity contribution in [1.82, 2.24) is 4.98 Å². The molecule has 0 unspecified atom stereocenters. The summed E-state index contributed by atoms with van der Waals surface area (Å²) in [6.07, 6.45) is -10.5. The summed E-state index contributed by atoms with van der Waals surface area (Å²) in [4.78, 5) is 24.3. The highest BCUT2D eigenvalue weighted by Gasteiger charge is 2.43. The highest BCUT2D eigenvalue weighted by atomic mass is 19.4. The fraction of sp³-hybridized carbons (Fsp3) is 0.143. The van der Waals surface area contributed by atoms with Crippen LogP contribution < -0.4 is 5.56 Å². The summed E-state index contributed by atoms with van der Waals surface area (Å²) in [6.45, 7) is 0. The summed E-state index contributed by atoms with van der Waals surface area (Å²) in [7, 11) is 0. The molecule has 0 saturated heterocycles. The van der Waals surface area contributed by atoms with Gasteiger partial charge >= 0.3 is 18.3 Å².